The van der Waals surface area contributed by atoms with E-state index in [2.05, 4.69) is 4.98 Å². The maximum Gasteiger partial charge on any atom is 0.313 e. The number of pyridine rings is 1. The first-order valence-corrected chi connectivity index (χ1v) is 4.45. The van der Waals surface area contributed by atoms with E-state index in [0.29, 0.717) is 0 Å². The van der Waals surface area contributed by atoms with Crippen molar-refractivity contribution in [3.05, 3.63) is 23.9 Å². The molecule has 0 amide bonds. The van der Waals surface area contributed by atoms with Gasteiger partial charge in [-0.15, -0.1) is 0 Å². The molecule has 1 aromatic rings. The molecule has 1 rings (SSSR count). The molecule has 3 nitrogen and oxygen atoms in total. The first kappa shape index (κ1) is 9.06. The number of rotatable bonds is 3. The molecule has 0 unspecified atom stereocenters. The maximum absolute atomic E-state index is 10.2. The van der Waals surface area contributed by atoms with E-state index < -0.39 is 5.97 Å². The SMILES string of the molecule is Cc1cccc(SCC(=O)O)n1. The second-order valence-electron chi connectivity index (χ2n) is 2.30. The van der Waals surface area contributed by atoms with Gasteiger partial charge in [-0.3, -0.25) is 4.79 Å². The summed E-state index contributed by atoms with van der Waals surface area (Å²) in [6.07, 6.45) is 0. The first-order valence-electron chi connectivity index (χ1n) is 3.47. The largest absolute Gasteiger partial charge is 0.481 e. The van der Waals surface area contributed by atoms with Gasteiger partial charge in [0, 0.05) is 5.69 Å². The maximum atomic E-state index is 10.2. The van der Waals surface area contributed by atoms with Crippen molar-refractivity contribution in [3.8, 4) is 0 Å². The molecule has 0 aliphatic rings. The summed E-state index contributed by atoms with van der Waals surface area (Å²) < 4.78 is 0. The molecule has 0 spiro atoms. The topological polar surface area (TPSA) is 50.2 Å². The van der Waals surface area contributed by atoms with Crippen LogP contribution in [0.15, 0.2) is 23.2 Å². The molecule has 0 saturated heterocycles. The van der Waals surface area contributed by atoms with Gasteiger partial charge < -0.3 is 5.11 Å². The summed E-state index contributed by atoms with van der Waals surface area (Å²) in [5.74, 6) is -0.750. The van der Waals surface area contributed by atoms with E-state index in [4.69, 9.17) is 5.11 Å². The van der Waals surface area contributed by atoms with Crippen LogP contribution in [0.2, 0.25) is 0 Å². The van der Waals surface area contributed by atoms with E-state index in [1.807, 2.05) is 19.1 Å². The Kier molecular flexibility index (Phi) is 3.10. The molecule has 0 fully saturated rings. The predicted octanol–water partition coefficient (Wildman–Crippen LogP) is 1.57. The summed E-state index contributed by atoms with van der Waals surface area (Å²) in [7, 11) is 0. The number of carbonyl (C=O) groups is 1. The molecule has 0 aliphatic carbocycles. The zero-order valence-corrected chi connectivity index (χ0v) is 7.47. The molecule has 1 heterocycles. The number of aryl methyl sites for hydroxylation is 1. The van der Waals surface area contributed by atoms with Gasteiger partial charge in [-0.05, 0) is 19.1 Å². The van der Waals surface area contributed by atoms with Crippen molar-refractivity contribution in [2.24, 2.45) is 0 Å². The second-order valence-corrected chi connectivity index (χ2v) is 3.30. The fraction of sp³-hybridized carbons (Fsp3) is 0.250. The first-order chi connectivity index (χ1) is 5.68. The summed E-state index contributed by atoms with van der Waals surface area (Å²) in [6.45, 7) is 1.88. The standard InChI is InChI=1S/C8H9NO2S/c1-6-3-2-4-7(9-6)12-5-8(10)11/h2-4H,5H2,1H3,(H,10,11). The Morgan fingerprint density at radius 3 is 3.00 bits per heavy atom. The van der Waals surface area contributed by atoms with Crippen LogP contribution in [0.25, 0.3) is 0 Å². The highest BCUT2D eigenvalue weighted by Crippen LogP contribution is 2.14. The van der Waals surface area contributed by atoms with Crippen LogP contribution in [0.4, 0.5) is 0 Å². The smallest absolute Gasteiger partial charge is 0.313 e. The highest BCUT2D eigenvalue weighted by atomic mass is 32.2. The third-order valence-electron chi connectivity index (χ3n) is 1.21. The summed E-state index contributed by atoms with van der Waals surface area (Å²) in [6, 6.07) is 5.55. The lowest BCUT2D eigenvalue weighted by Crippen LogP contribution is -1.98. The second kappa shape index (κ2) is 4.11. The Morgan fingerprint density at radius 1 is 1.67 bits per heavy atom. The van der Waals surface area contributed by atoms with Crippen LogP contribution in [0.1, 0.15) is 5.69 Å². The summed E-state index contributed by atoms with van der Waals surface area (Å²) in [5.41, 5.74) is 0.908. The highest BCUT2D eigenvalue weighted by Gasteiger charge is 1.99. The third kappa shape index (κ3) is 2.92. The number of carboxylic acids is 1. The molecule has 0 aromatic carbocycles. The molecular formula is C8H9NO2S. The quantitative estimate of drug-likeness (QED) is 0.722. The van der Waals surface area contributed by atoms with Gasteiger partial charge >= 0.3 is 5.97 Å². The number of hydrogen-bond donors (Lipinski definition) is 1. The van der Waals surface area contributed by atoms with E-state index in [9.17, 15) is 4.79 Å². The average Bonchev–Trinajstić information content (AvgIpc) is 2.01. The average molecular weight is 183 g/mol. The molecule has 1 aromatic heterocycles. The summed E-state index contributed by atoms with van der Waals surface area (Å²) >= 11 is 1.23. The Hall–Kier alpha value is -1.03. The van der Waals surface area contributed by atoms with Crippen LogP contribution >= 0.6 is 11.8 Å². The van der Waals surface area contributed by atoms with Gasteiger partial charge in [0.05, 0.1) is 10.8 Å². The molecule has 4 heteroatoms. The minimum Gasteiger partial charge on any atom is -0.481 e. The minimum atomic E-state index is -0.816. The van der Waals surface area contributed by atoms with Gasteiger partial charge in [0.15, 0.2) is 0 Å². The van der Waals surface area contributed by atoms with E-state index in [-0.39, 0.29) is 5.75 Å². The fourth-order valence-electron chi connectivity index (χ4n) is 0.734. The third-order valence-corrected chi connectivity index (χ3v) is 2.12. The Bertz CT molecular complexity index is 288. The number of aliphatic carboxylic acids is 1. The lowest BCUT2D eigenvalue weighted by molar-refractivity contribution is -0.133. The van der Waals surface area contributed by atoms with Crippen molar-refractivity contribution >= 4 is 17.7 Å². The van der Waals surface area contributed by atoms with Crippen molar-refractivity contribution in [3.63, 3.8) is 0 Å². The van der Waals surface area contributed by atoms with Gasteiger partial charge in [-0.25, -0.2) is 4.98 Å². The summed E-state index contributed by atoms with van der Waals surface area (Å²) in [4.78, 5) is 14.4. The van der Waals surface area contributed by atoms with Crippen LogP contribution in [-0.4, -0.2) is 21.8 Å². The van der Waals surface area contributed by atoms with Gasteiger partial charge in [0.2, 0.25) is 0 Å². The van der Waals surface area contributed by atoms with E-state index >= 15 is 0 Å². The lowest BCUT2D eigenvalue weighted by Gasteiger charge is -1.97. The molecule has 0 aliphatic heterocycles. The highest BCUT2D eigenvalue weighted by molar-refractivity contribution is 7.99. The number of nitrogens with zero attached hydrogens (tertiary/aromatic N) is 1. The van der Waals surface area contributed by atoms with E-state index in [1.165, 1.54) is 11.8 Å². The zero-order valence-electron chi connectivity index (χ0n) is 6.65. The molecule has 0 bridgehead atoms. The van der Waals surface area contributed by atoms with Crippen molar-refractivity contribution in [1.82, 2.24) is 4.98 Å². The molecule has 0 saturated carbocycles. The molecule has 0 radical (unpaired) electrons. The van der Waals surface area contributed by atoms with Crippen molar-refractivity contribution in [2.75, 3.05) is 5.75 Å². The number of aromatic nitrogens is 1. The van der Waals surface area contributed by atoms with E-state index in [0.717, 1.165) is 10.7 Å². The zero-order chi connectivity index (χ0) is 8.97. The van der Waals surface area contributed by atoms with Crippen molar-refractivity contribution < 1.29 is 9.90 Å². The number of hydrogen-bond acceptors (Lipinski definition) is 3. The van der Waals surface area contributed by atoms with Crippen molar-refractivity contribution in [1.29, 1.82) is 0 Å². The minimum absolute atomic E-state index is 0.0659. The fourth-order valence-corrected chi connectivity index (χ4v) is 1.39. The van der Waals surface area contributed by atoms with Crippen LogP contribution in [0.3, 0.4) is 0 Å². The molecule has 64 valence electrons. The van der Waals surface area contributed by atoms with Crippen LogP contribution in [0.5, 0.6) is 0 Å². The molecule has 1 N–H and O–H groups in total. The normalized spacial score (nSPS) is 9.75. The summed E-state index contributed by atoms with van der Waals surface area (Å²) in [5, 5.41) is 9.16. The Morgan fingerprint density at radius 2 is 2.42 bits per heavy atom. The van der Waals surface area contributed by atoms with Gasteiger partial charge in [0.1, 0.15) is 0 Å². The van der Waals surface area contributed by atoms with Gasteiger partial charge in [-0.2, -0.15) is 0 Å². The van der Waals surface area contributed by atoms with E-state index in [1.54, 1.807) is 6.07 Å². The Balaban J connectivity index is 2.57. The van der Waals surface area contributed by atoms with Crippen molar-refractivity contribution in [2.45, 2.75) is 11.9 Å². The molecular weight excluding hydrogens is 174 g/mol. The number of thioether (sulfide) groups is 1. The lowest BCUT2D eigenvalue weighted by atomic mass is 10.4. The number of carboxylic acid groups (broad SMARTS) is 1. The van der Waals surface area contributed by atoms with Crippen LogP contribution in [0, 0.1) is 6.92 Å². The predicted molar refractivity (Wildman–Crippen MR) is 47.3 cm³/mol. The monoisotopic (exact) mass is 183 g/mol. The Labute approximate surface area is 74.8 Å². The van der Waals surface area contributed by atoms with Crippen LogP contribution < -0.4 is 0 Å². The van der Waals surface area contributed by atoms with Gasteiger partial charge in [-0.1, -0.05) is 17.8 Å². The van der Waals surface area contributed by atoms with Crippen LogP contribution in [-0.2, 0) is 4.79 Å². The molecule has 0 atom stereocenters. The molecule has 12 heavy (non-hydrogen) atoms. The van der Waals surface area contributed by atoms with Gasteiger partial charge in [0.25, 0.3) is 0 Å².